The Hall–Kier alpha value is -3.19. The van der Waals surface area contributed by atoms with Gasteiger partial charge in [0.2, 0.25) is 0 Å². The zero-order valence-electron chi connectivity index (χ0n) is 19.3. The van der Waals surface area contributed by atoms with E-state index in [0.717, 1.165) is 5.56 Å². The van der Waals surface area contributed by atoms with Crippen LogP contribution in [0.2, 0.25) is 0 Å². The number of pyridine rings is 1. The van der Waals surface area contributed by atoms with Crippen LogP contribution in [-0.2, 0) is 9.59 Å². The van der Waals surface area contributed by atoms with Gasteiger partial charge in [-0.3, -0.25) is 14.6 Å². The fourth-order valence-electron chi connectivity index (χ4n) is 3.70. The number of benzene rings is 1. The van der Waals surface area contributed by atoms with Gasteiger partial charge in [0.15, 0.2) is 0 Å². The van der Waals surface area contributed by atoms with Gasteiger partial charge in [-0.15, -0.1) is 0 Å². The highest BCUT2D eigenvalue weighted by Gasteiger charge is 2.46. The van der Waals surface area contributed by atoms with Crippen LogP contribution in [0.4, 0.5) is 0 Å². The smallest absolute Gasteiger partial charge is 0.295 e. The summed E-state index contributed by atoms with van der Waals surface area (Å²) >= 11 is 0. The maximum Gasteiger partial charge on any atom is 0.295 e. The van der Waals surface area contributed by atoms with Gasteiger partial charge in [0.1, 0.15) is 11.5 Å². The average Bonchev–Trinajstić information content (AvgIpc) is 3.01. The number of ketones is 1. The van der Waals surface area contributed by atoms with E-state index in [9.17, 15) is 14.7 Å². The molecule has 1 atom stereocenters. The molecule has 2 aromatic rings. The monoisotopic (exact) mass is 437 g/mol. The van der Waals surface area contributed by atoms with Crippen molar-refractivity contribution in [1.29, 1.82) is 0 Å². The molecule has 1 aliphatic rings. The van der Waals surface area contributed by atoms with Crippen LogP contribution >= 0.6 is 0 Å². The molecular weight excluding hydrogens is 406 g/mol. The summed E-state index contributed by atoms with van der Waals surface area (Å²) in [5.74, 6) is -0.395. The zero-order chi connectivity index (χ0) is 23.4. The summed E-state index contributed by atoms with van der Waals surface area (Å²) in [6.07, 6.45) is 3.26. The van der Waals surface area contributed by atoms with Crippen LogP contribution in [0.3, 0.4) is 0 Å². The van der Waals surface area contributed by atoms with Crippen LogP contribution in [0.15, 0.2) is 48.3 Å². The highest BCUT2D eigenvalue weighted by atomic mass is 16.5. The molecule has 32 heavy (non-hydrogen) atoms. The Morgan fingerprint density at radius 2 is 2.00 bits per heavy atom. The zero-order valence-corrected chi connectivity index (χ0v) is 19.3. The van der Waals surface area contributed by atoms with E-state index in [2.05, 4.69) is 18.8 Å². The summed E-state index contributed by atoms with van der Waals surface area (Å²) in [6, 6.07) is 8.21. The lowest BCUT2D eigenvalue weighted by Crippen LogP contribution is -2.35. The minimum absolute atomic E-state index is 0.0840. The highest BCUT2D eigenvalue weighted by molar-refractivity contribution is 6.46. The fraction of sp³-hybridized carbons (Fsp3) is 0.400. The third-order valence-electron chi connectivity index (χ3n) is 5.36. The van der Waals surface area contributed by atoms with Crippen molar-refractivity contribution in [3.8, 4) is 5.75 Å². The first kappa shape index (κ1) is 23.5. The molecule has 7 nitrogen and oxygen atoms in total. The number of hydrogen-bond acceptors (Lipinski definition) is 6. The first-order chi connectivity index (χ1) is 15.2. The van der Waals surface area contributed by atoms with Gasteiger partial charge in [-0.1, -0.05) is 19.9 Å². The second kappa shape index (κ2) is 9.96. The molecule has 0 saturated carbocycles. The van der Waals surface area contributed by atoms with Crippen molar-refractivity contribution in [2.24, 2.45) is 5.92 Å². The minimum Gasteiger partial charge on any atom is -0.507 e. The number of amides is 1. The van der Waals surface area contributed by atoms with Crippen molar-refractivity contribution in [2.75, 3.05) is 33.8 Å². The lowest BCUT2D eigenvalue weighted by molar-refractivity contribution is -0.140. The van der Waals surface area contributed by atoms with Crippen molar-refractivity contribution >= 4 is 17.4 Å². The quantitative estimate of drug-likeness (QED) is 0.387. The first-order valence-corrected chi connectivity index (χ1v) is 10.8. The molecule has 3 rings (SSSR count). The third kappa shape index (κ3) is 4.99. The number of nitrogens with zero attached hydrogens (tertiary/aromatic N) is 3. The van der Waals surface area contributed by atoms with Crippen LogP contribution in [-0.4, -0.2) is 65.4 Å². The van der Waals surface area contributed by atoms with Crippen molar-refractivity contribution < 1.29 is 19.4 Å². The van der Waals surface area contributed by atoms with Gasteiger partial charge in [0.05, 0.1) is 18.2 Å². The lowest BCUT2D eigenvalue weighted by atomic mass is 9.94. The van der Waals surface area contributed by atoms with Crippen LogP contribution in [0.5, 0.6) is 5.75 Å². The van der Waals surface area contributed by atoms with Crippen LogP contribution in [0.25, 0.3) is 5.76 Å². The van der Waals surface area contributed by atoms with Gasteiger partial charge in [-0.2, -0.15) is 0 Å². The SMILES string of the molecule is Cc1cc(OCC(C)C)ccc1C(O)=C1C(=O)C(=O)N(CCN(C)C)C1c1cccnc1. The van der Waals surface area contributed by atoms with E-state index in [4.69, 9.17) is 4.74 Å². The van der Waals surface area contributed by atoms with Crippen molar-refractivity contribution in [3.05, 3.63) is 65.0 Å². The molecule has 1 aliphatic heterocycles. The van der Waals surface area contributed by atoms with Crippen molar-refractivity contribution in [2.45, 2.75) is 26.8 Å². The molecule has 1 fully saturated rings. The number of Topliss-reactive ketones (excluding diaryl/α,β-unsaturated/α-hetero) is 1. The summed E-state index contributed by atoms with van der Waals surface area (Å²) in [6.45, 7) is 7.52. The van der Waals surface area contributed by atoms with E-state index in [1.54, 1.807) is 30.6 Å². The number of aliphatic hydroxyl groups excluding tert-OH is 1. The lowest BCUT2D eigenvalue weighted by Gasteiger charge is -2.26. The van der Waals surface area contributed by atoms with Gasteiger partial charge < -0.3 is 19.6 Å². The largest absolute Gasteiger partial charge is 0.507 e. The van der Waals surface area contributed by atoms with Crippen LogP contribution < -0.4 is 4.74 Å². The number of hydrogen-bond donors (Lipinski definition) is 1. The van der Waals surface area contributed by atoms with Gasteiger partial charge in [0.25, 0.3) is 11.7 Å². The van der Waals surface area contributed by atoms with Gasteiger partial charge in [0, 0.05) is 31.0 Å². The summed E-state index contributed by atoms with van der Waals surface area (Å²) in [5.41, 5.74) is 2.02. The van der Waals surface area contributed by atoms with Crippen molar-refractivity contribution in [3.63, 3.8) is 0 Å². The molecule has 1 unspecified atom stereocenters. The molecule has 1 saturated heterocycles. The number of rotatable bonds is 8. The summed E-state index contributed by atoms with van der Waals surface area (Å²) < 4.78 is 5.77. The number of likely N-dealkylation sites (tertiary alicyclic amines) is 1. The Kier molecular flexibility index (Phi) is 7.30. The predicted octanol–water partition coefficient (Wildman–Crippen LogP) is 3.41. The second-order valence-corrected chi connectivity index (χ2v) is 8.76. The number of aryl methyl sites for hydroxylation is 1. The number of likely N-dealkylation sites (N-methyl/N-ethyl adjacent to an activating group) is 1. The van der Waals surface area contributed by atoms with Gasteiger partial charge in [-0.25, -0.2) is 0 Å². The second-order valence-electron chi connectivity index (χ2n) is 8.76. The summed E-state index contributed by atoms with van der Waals surface area (Å²) in [5, 5.41) is 11.2. The maximum atomic E-state index is 13.0. The molecule has 0 radical (unpaired) electrons. The third-order valence-corrected chi connectivity index (χ3v) is 5.36. The Labute approximate surface area is 189 Å². The van der Waals surface area contributed by atoms with Gasteiger partial charge in [-0.05, 0) is 62.3 Å². The first-order valence-electron chi connectivity index (χ1n) is 10.8. The molecule has 1 aromatic heterocycles. The van der Waals surface area contributed by atoms with E-state index in [1.807, 2.05) is 38.1 Å². The van der Waals surface area contributed by atoms with E-state index in [0.29, 0.717) is 42.5 Å². The molecule has 170 valence electrons. The van der Waals surface area contributed by atoms with E-state index in [1.165, 1.54) is 4.90 Å². The average molecular weight is 438 g/mol. The molecule has 0 aliphatic carbocycles. The predicted molar refractivity (Wildman–Crippen MR) is 123 cm³/mol. The van der Waals surface area contributed by atoms with Crippen LogP contribution in [0.1, 0.15) is 36.6 Å². The Bertz CT molecular complexity index is 1020. The van der Waals surface area contributed by atoms with E-state index >= 15 is 0 Å². The number of aliphatic hydroxyl groups is 1. The topological polar surface area (TPSA) is 83.0 Å². The molecule has 7 heteroatoms. The molecule has 0 bridgehead atoms. The van der Waals surface area contributed by atoms with Gasteiger partial charge >= 0.3 is 0 Å². The number of carbonyl (C=O) groups is 2. The Balaban J connectivity index is 2.06. The van der Waals surface area contributed by atoms with E-state index < -0.39 is 17.7 Å². The molecule has 1 amide bonds. The van der Waals surface area contributed by atoms with Crippen molar-refractivity contribution in [1.82, 2.24) is 14.8 Å². The van der Waals surface area contributed by atoms with E-state index in [-0.39, 0.29) is 11.3 Å². The Morgan fingerprint density at radius 3 is 2.59 bits per heavy atom. The molecule has 1 aromatic carbocycles. The number of carbonyl (C=O) groups excluding carboxylic acids is 2. The molecule has 1 N–H and O–H groups in total. The normalized spacial score (nSPS) is 18.1. The Morgan fingerprint density at radius 1 is 1.25 bits per heavy atom. The summed E-state index contributed by atoms with van der Waals surface area (Å²) in [4.78, 5) is 33.6. The molecular formula is C25H31N3O4. The number of ether oxygens (including phenoxy) is 1. The highest BCUT2D eigenvalue weighted by Crippen LogP contribution is 2.39. The standard InChI is InChI=1S/C25H31N3O4/c1-16(2)15-32-19-8-9-20(17(3)13-19)23(29)21-22(18-7-6-10-26-14-18)28(12-11-27(4)5)25(31)24(21)30/h6-10,13-14,16,22,29H,11-12,15H2,1-5H3. The maximum absolute atomic E-state index is 13.0. The molecule has 0 spiro atoms. The fourth-order valence-corrected chi connectivity index (χ4v) is 3.70. The minimum atomic E-state index is -0.695. The van der Waals surface area contributed by atoms with Crippen LogP contribution in [0, 0.1) is 12.8 Å². The number of aromatic nitrogens is 1. The summed E-state index contributed by atoms with van der Waals surface area (Å²) in [7, 11) is 3.81. The molecule has 2 heterocycles.